The van der Waals surface area contributed by atoms with E-state index in [2.05, 4.69) is 15.9 Å². The summed E-state index contributed by atoms with van der Waals surface area (Å²) >= 11 is 3.60. The van der Waals surface area contributed by atoms with Crippen LogP contribution in [-0.4, -0.2) is 53.9 Å². The number of aliphatic carboxylic acids is 1. The van der Waals surface area contributed by atoms with E-state index in [1.54, 1.807) is 19.3 Å². The van der Waals surface area contributed by atoms with E-state index in [0.29, 0.717) is 37.4 Å². The maximum atomic E-state index is 12.6. The Morgan fingerprint density at radius 2 is 2.25 bits per heavy atom. The Bertz CT molecular complexity index is 899. The first-order valence-corrected chi connectivity index (χ1v) is 10.1. The molecular formula is C20H22BrNO6. The van der Waals surface area contributed by atoms with E-state index in [4.69, 9.17) is 9.47 Å². The number of hydrogen-bond acceptors (Lipinski definition) is 6. The van der Waals surface area contributed by atoms with E-state index >= 15 is 0 Å². The number of nitrogens with zero attached hydrogens (tertiary/aromatic N) is 1. The Morgan fingerprint density at radius 3 is 2.89 bits per heavy atom. The minimum absolute atomic E-state index is 0.218. The quantitative estimate of drug-likeness (QED) is 0.405. The molecule has 4 atom stereocenters. The van der Waals surface area contributed by atoms with Gasteiger partial charge in [-0.05, 0) is 13.0 Å². The normalized spacial score (nSPS) is 32.7. The molecule has 0 aromatic heterocycles. The Hall–Kier alpha value is -1.90. The third-order valence-corrected chi connectivity index (χ3v) is 7.22. The lowest BCUT2D eigenvalue weighted by Crippen LogP contribution is -2.59. The first-order chi connectivity index (χ1) is 13.3. The Balaban J connectivity index is 1.98. The van der Waals surface area contributed by atoms with E-state index in [1.807, 2.05) is 13.0 Å². The standard InChI is InChI=1S/C20H22BrNO6/c1-3-22(18(24)19(25)26)7-6-20-5-4-11(23)8-15(20)28-17-14(27-2)9-13(21)12(10-22)16(17)20/h4-5,9,11,15,23H,3,6-8,10H2,1-2H3/t11-,15?,20?,22?/m0/s1. The summed E-state index contributed by atoms with van der Waals surface area (Å²) in [4.78, 5) is 24.1. The van der Waals surface area contributed by atoms with Crippen LogP contribution in [0.25, 0.3) is 0 Å². The molecule has 0 bridgehead atoms. The lowest BCUT2D eigenvalue weighted by atomic mass is 9.69. The molecule has 150 valence electrons. The van der Waals surface area contributed by atoms with Crippen LogP contribution in [0, 0.1) is 0 Å². The van der Waals surface area contributed by atoms with E-state index in [1.165, 1.54) is 0 Å². The van der Waals surface area contributed by atoms with Gasteiger partial charge in [0.2, 0.25) is 0 Å². The fraction of sp³-hybridized carbons (Fsp3) is 0.500. The van der Waals surface area contributed by atoms with Crippen molar-refractivity contribution >= 4 is 27.8 Å². The highest BCUT2D eigenvalue weighted by Gasteiger charge is 2.56. The molecule has 0 saturated carbocycles. The number of amides is 1. The monoisotopic (exact) mass is 451 g/mol. The predicted molar refractivity (Wildman–Crippen MR) is 101 cm³/mol. The number of carbonyl (C=O) groups is 2. The SMILES string of the molecule is CC[N+]1(C(=O)C(=O)[O-])CCC23C=C[C@H](O)CC2Oc2c(OC)cc(Br)c(c23)C1. The number of halogens is 1. The van der Waals surface area contributed by atoms with Crippen molar-refractivity contribution in [2.45, 2.75) is 43.9 Å². The van der Waals surface area contributed by atoms with E-state index in [-0.39, 0.29) is 17.1 Å². The molecule has 1 aromatic rings. The number of rotatable bonds is 2. The minimum Gasteiger partial charge on any atom is -0.537 e. The topological polar surface area (TPSA) is 95.9 Å². The highest BCUT2D eigenvalue weighted by molar-refractivity contribution is 9.10. The molecule has 1 aliphatic carbocycles. The molecular weight excluding hydrogens is 430 g/mol. The van der Waals surface area contributed by atoms with E-state index < -0.39 is 23.4 Å². The first-order valence-electron chi connectivity index (χ1n) is 9.34. The van der Waals surface area contributed by atoms with Gasteiger partial charge in [-0.15, -0.1) is 0 Å². The van der Waals surface area contributed by atoms with E-state index in [0.717, 1.165) is 15.6 Å². The van der Waals surface area contributed by atoms with Gasteiger partial charge in [-0.2, -0.15) is 0 Å². The second-order valence-electron chi connectivity index (χ2n) is 7.74. The zero-order valence-corrected chi connectivity index (χ0v) is 17.3. The molecule has 1 N–H and O–H groups in total. The highest BCUT2D eigenvalue weighted by atomic mass is 79.9. The second kappa shape index (κ2) is 6.57. The fourth-order valence-electron chi connectivity index (χ4n) is 4.93. The number of quaternary nitrogens is 1. The zero-order chi connectivity index (χ0) is 20.3. The van der Waals surface area contributed by atoms with Crippen molar-refractivity contribution in [2.24, 2.45) is 0 Å². The Labute approximate surface area is 171 Å². The molecule has 4 rings (SSSR count). The molecule has 3 aliphatic rings. The molecule has 2 heterocycles. The molecule has 7 nitrogen and oxygen atoms in total. The van der Waals surface area contributed by atoms with Crippen molar-refractivity contribution < 1.29 is 33.8 Å². The maximum absolute atomic E-state index is 12.6. The highest BCUT2D eigenvalue weighted by Crippen LogP contribution is 2.57. The van der Waals surface area contributed by atoms with Gasteiger partial charge in [-0.1, -0.05) is 28.1 Å². The van der Waals surface area contributed by atoms with Crippen LogP contribution in [0.15, 0.2) is 22.7 Å². The van der Waals surface area contributed by atoms with Crippen molar-refractivity contribution in [3.63, 3.8) is 0 Å². The summed E-state index contributed by atoms with van der Waals surface area (Å²) in [5.41, 5.74) is 1.22. The van der Waals surface area contributed by atoms with Crippen molar-refractivity contribution in [1.29, 1.82) is 0 Å². The van der Waals surface area contributed by atoms with Crippen LogP contribution in [-0.2, 0) is 21.5 Å². The first kappa shape index (κ1) is 19.4. The Kier molecular flexibility index (Phi) is 4.56. The van der Waals surface area contributed by atoms with Crippen LogP contribution in [0.4, 0.5) is 0 Å². The van der Waals surface area contributed by atoms with Crippen molar-refractivity contribution in [2.75, 3.05) is 20.2 Å². The van der Waals surface area contributed by atoms with Gasteiger partial charge >= 0.3 is 5.91 Å². The number of carboxylic acids is 1. The van der Waals surface area contributed by atoms with Crippen LogP contribution < -0.4 is 14.6 Å². The second-order valence-corrected chi connectivity index (χ2v) is 8.59. The summed E-state index contributed by atoms with van der Waals surface area (Å²) in [5, 5.41) is 21.6. The van der Waals surface area contributed by atoms with Crippen LogP contribution in [0.2, 0.25) is 0 Å². The number of benzene rings is 1. The smallest absolute Gasteiger partial charge is 0.361 e. The van der Waals surface area contributed by atoms with Crippen LogP contribution >= 0.6 is 15.9 Å². The number of hydrogen-bond donors (Lipinski definition) is 1. The van der Waals surface area contributed by atoms with Crippen LogP contribution in [0.3, 0.4) is 0 Å². The number of likely N-dealkylation sites (N-methyl/N-ethyl adjacent to an activating group) is 1. The van der Waals surface area contributed by atoms with Gasteiger partial charge in [-0.25, -0.2) is 4.79 Å². The third-order valence-electron chi connectivity index (χ3n) is 6.52. The van der Waals surface area contributed by atoms with Crippen molar-refractivity contribution in [1.82, 2.24) is 0 Å². The summed E-state index contributed by atoms with van der Waals surface area (Å²) in [5.74, 6) is -1.39. The van der Waals surface area contributed by atoms with Gasteiger partial charge in [0, 0.05) is 28.4 Å². The summed E-state index contributed by atoms with van der Waals surface area (Å²) < 4.78 is 12.3. The number of ether oxygens (including phenoxy) is 2. The van der Waals surface area contributed by atoms with Crippen molar-refractivity contribution in [3.8, 4) is 11.5 Å². The number of aliphatic hydroxyl groups excluding tert-OH is 1. The average Bonchev–Trinajstić information content (AvgIpc) is 2.91. The summed E-state index contributed by atoms with van der Waals surface area (Å²) in [6, 6.07) is 1.79. The zero-order valence-electron chi connectivity index (χ0n) is 15.7. The fourth-order valence-corrected chi connectivity index (χ4v) is 5.46. The van der Waals surface area contributed by atoms with Gasteiger partial charge in [0.1, 0.15) is 12.6 Å². The molecule has 1 amide bonds. The largest absolute Gasteiger partial charge is 0.537 e. The van der Waals surface area contributed by atoms with Gasteiger partial charge in [-0.3, -0.25) is 4.48 Å². The van der Waals surface area contributed by atoms with Gasteiger partial charge < -0.3 is 24.5 Å². The minimum atomic E-state index is -1.66. The van der Waals surface area contributed by atoms with E-state index in [9.17, 15) is 19.8 Å². The average molecular weight is 452 g/mol. The van der Waals surface area contributed by atoms with Crippen molar-refractivity contribution in [3.05, 3.63) is 33.8 Å². The molecule has 0 saturated heterocycles. The summed E-state index contributed by atoms with van der Waals surface area (Å²) in [7, 11) is 1.57. The molecule has 0 fully saturated rings. The third kappa shape index (κ3) is 2.54. The van der Waals surface area contributed by atoms with Gasteiger partial charge in [0.25, 0.3) is 0 Å². The molecule has 28 heavy (non-hydrogen) atoms. The lowest BCUT2D eigenvalue weighted by Gasteiger charge is -2.37. The molecule has 2 aliphatic heterocycles. The number of aliphatic hydroxyl groups is 1. The maximum Gasteiger partial charge on any atom is 0.361 e. The summed E-state index contributed by atoms with van der Waals surface area (Å²) in [6.45, 7) is 2.72. The lowest BCUT2D eigenvalue weighted by molar-refractivity contribution is -0.864. The number of carbonyl (C=O) groups excluding carboxylic acids is 2. The van der Waals surface area contributed by atoms with Gasteiger partial charge in [0.05, 0.1) is 31.7 Å². The molecule has 1 spiro atoms. The molecule has 1 aromatic carbocycles. The van der Waals surface area contributed by atoms with Gasteiger partial charge in [0.15, 0.2) is 17.5 Å². The molecule has 8 heteroatoms. The number of carboxylic acid groups (broad SMARTS) is 1. The van der Waals surface area contributed by atoms with Crippen LogP contribution in [0.1, 0.15) is 30.9 Å². The predicted octanol–water partition coefficient (Wildman–Crippen LogP) is 0.794. The summed E-state index contributed by atoms with van der Waals surface area (Å²) in [6.07, 6.45) is 3.75. The van der Waals surface area contributed by atoms with Crippen LogP contribution in [0.5, 0.6) is 11.5 Å². The molecule has 0 radical (unpaired) electrons. The number of methoxy groups -OCH3 is 1. The Morgan fingerprint density at radius 1 is 1.50 bits per heavy atom. The molecule has 3 unspecified atom stereocenters.